The van der Waals surface area contributed by atoms with Crippen molar-refractivity contribution in [2.45, 2.75) is 13.5 Å². The van der Waals surface area contributed by atoms with Crippen molar-refractivity contribution in [3.8, 4) is 5.75 Å². The van der Waals surface area contributed by atoms with Gasteiger partial charge in [0.05, 0.1) is 13.2 Å². The molecule has 4 rings (SSSR count). The van der Waals surface area contributed by atoms with E-state index in [9.17, 15) is 9.59 Å². The largest absolute Gasteiger partial charge is 0.486 e. The SMILES string of the molecule is Cc1ccccc1NC(=O)c1nnc(COc2ccc(C(=O)NCCN3CCOCC3)cc2)s1. The minimum Gasteiger partial charge on any atom is -0.486 e. The number of ether oxygens (including phenoxy) is 2. The third-order valence-corrected chi connectivity index (χ3v) is 6.25. The van der Waals surface area contributed by atoms with Gasteiger partial charge in [0.1, 0.15) is 12.4 Å². The molecule has 0 unspecified atom stereocenters. The number of aryl methyl sites for hydroxylation is 1. The summed E-state index contributed by atoms with van der Waals surface area (Å²) in [5.74, 6) is 0.182. The van der Waals surface area contributed by atoms with E-state index in [2.05, 4.69) is 25.7 Å². The van der Waals surface area contributed by atoms with E-state index in [0.29, 0.717) is 22.9 Å². The third-order valence-electron chi connectivity index (χ3n) is 5.35. The zero-order valence-electron chi connectivity index (χ0n) is 19.0. The highest BCUT2D eigenvalue weighted by Crippen LogP contribution is 2.19. The maximum absolute atomic E-state index is 12.4. The average Bonchev–Trinajstić information content (AvgIpc) is 3.34. The van der Waals surface area contributed by atoms with Gasteiger partial charge in [-0.05, 0) is 42.8 Å². The molecule has 2 heterocycles. The fourth-order valence-corrected chi connectivity index (χ4v) is 4.04. The number of hydrogen-bond acceptors (Lipinski definition) is 8. The Morgan fingerprint density at radius 2 is 1.82 bits per heavy atom. The predicted molar refractivity (Wildman–Crippen MR) is 129 cm³/mol. The van der Waals surface area contributed by atoms with Crippen LogP contribution in [0.2, 0.25) is 0 Å². The number of para-hydroxylation sites is 1. The maximum atomic E-state index is 12.4. The molecular weight excluding hydrogens is 454 g/mol. The van der Waals surface area contributed by atoms with Gasteiger partial charge in [0.2, 0.25) is 5.01 Å². The molecule has 1 aliphatic heterocycles. The number of morpholine rings is 1. The highest BCUT2D eigenvalue weighted by atomic mass is 32.1. The van der Waals surface area contributed by atoms with E-state index in [0.717, 1.165) is 44.1 Å². The summed E-state index contributed by atoms with van der Waals surface area (Å²) in [6, 6.07) is 14.5. The molecule has 0 aliphatic carbocycles. The van der Waals surface area contributed by atoms with Crippen molar-refractivity contribution in [3.63, 3.8) is 0 Å². The summed E-state index contributed by atoms with van der Waals surface area (Å²) >= 11 is 1.18. The Morgan fingerprint density at radius 3 is 2.59 bits per heavy atom. The van der Waals surface area contributed by atoms with Crippen LogP contribution < -0.4 is 15.4 Å². The monoisotopic (exact) mass is 481 g/mol. The summed E-state index contributed by atoms with van der Waals surface area (Å²) < 4.78 is 11.1. The van der Waals surface area contributed by atoms with Crippen molar-refractivity contribution in [3.05, 3.63) is 69.7 Å². The van der Waals surface area contributed by atoms with Crippen LogP contribution in [-0.4, -0.2) is 66.3 Å². The second-order valence-corrected chi connectivity index (χ2v) is 8.86. The fourth-order valence-electron chi connectivity index (χ4n) is 3.39. The lowest BCUT2D eigenvalue weighted by Crippen LogP contribution is -2.41. The van der Waals surface area contributed by atoms with Crippen molar-refractivity contribution < 1.29 is 19.1 Å². The van der Waals surface area contributed by atoms with Gasteiger partial charge < -0.3 is 20.1 Å². The van der Waals surface area contributed by atoms with E-state index in [1.54, 1.807) is 24.3 Å². The summed E-state index contributed by atoms with van der Waals surface area (Å²) in [7, 11) is 0. The van der Waals surface area contributed by atoms with E-state index >= 15 is 0 Å². The molecule has 0 atom stereocenters. The summed E-state index contributed by atoms with van der Waals surface area (Å²) in [6.45, 7) is 6.79. The minimum absolute atomic E-state index is 0.117. The summed E-state index contributed by atoms with van der Waals surface area (Å²) in [4.78, 5) is 27.0. The number of benzene rings is 2. The molecule has 1 aromatic heterocycles. The van der Waals surface area contributed by atoms with Crippen molar-refractivity contribution in [2.75, 3.05) is 44.7 Å². The van der Waals surface area contributed by atoms with Crippen LogP contribution in [0.1, 0.15) is 30.7 Å². The lowest BCUT2D eigenvalue weighted by molar-refractivity contribution is 0.0383. The number of carbonyl (C=O) groups is 2. The number of nitrogens with zero attached hydrogens (tertiary/aromatic N) is 3. The summed E-state index contributed by atoms with van der Waals surface area (Å²) in [6.07, 6.45) is 0. The highest BCUT2D eigenvalue weighted by molar-refractivity contribution is 7.13. The first-order chi connectivity index (χ1) is 16.6. The molecule has 2 N–H and O–H groups in total. The van der Waals surface area contributed by atoms with E-state index < -0.39 is 0 Å². The minimum atomic E-state index is -0.304. The third kappa shape index (κ3) is 6.60. The molecule has 0 saturated carbocycles. The zero-order valence-corrected chi connectivity index (χ0v) is 19.8. The van der Waals surface area contributed by atoms with E-state index in [-0.39, 0.29) is 23.4 Å². The molecule has 0 radical (unpaired) electrons. The Hall–Kier alpha value is -3.34. The number of hydrogen-bond donors (Lipinski definition) is 2. The van der Waals surface area contributed by atoms with Crippen LogP contribution >= 0.6 is 11.3 Å². The number of carbonyl (C=O) groups excluding carboxylic acids is 2. The van der Waals surface area contributed by atoms with Crippen LogP contribution in [0.3, 0.4) is 0 Å². The van der Waals surface area contributed by atoms with Crippen LogP contribution in [0.15, 0.2) is 48.5 Å². The van der Waals surface area contributed by atoms with Crippen LogP contribution in [-0.2, 0) is 11.3 Å². The van der Waals surface area contributed by atoms with Crippen molar-refractivity contribution in [1.82, 2.24) is 20.4 Å². The van der Waals surface area contributed by atoms with Gasteiger partial charge in [0, 0.05) is 37.4 Å². The first-order valence-electron chi connectivity index (χ1n) is 11.1. The van der Waals surface area contributed by atoms with Crippen molar-refractivity contribution in [2.24, 2.45) is 0 Å². The van der Waals surface area contributed by atoms with Gasteiger partial charge in [-0.25, -0.2) is 0 Å². The molecule has 2 amide bonds. The first kappa shape index (κ1) is 23.8. The van der Waals surface area contributed by atoms with Gasteiger partial charge in [0.25, 0.3) is 11.8 Å². The smallest absolute Gasteiger partial charge is 0.286 e. The zero-order chi connectivity index (χ0) is 23.8. The Labute approximate surface area is 202 Å². The van der Waals surface area contributed by atoms with Gasteiger partial charge in [-0.15, -0.1) is 10.2 Å². The van der Waals surface area contributed by atoms with E-state index in [4.69, 9.17) is 9.47 Å². The summed E-state index contributed by atoms with van der Waals surface area (Å²) in [5, 5.41) is 14.6. The lowest BCUT2D eigenvalue weighted by atomic mass is 10.2. The molecule has 1 saturated heterocycles. The highest BCUT2D eigenvalue weighted by Gasteiger charge is 2.15. The fraction of sp³-hybridized carbons (Fsp3) is 0.333. The lowest BCUT2D eigenvalue weighted by Gasteiger charge is -2.26. The molecule has 1 fully saturated rings. The van der Waals surface area contributed by atoms with Crippen molar-refractivity contribution in [1.29, 1.82) is 0 Å². The Kier molecular flexibility index (Phi) is 8.18. The molecule has 9 nitrogen and oxygen atoms in total. The molecule has 34 heavy (non-hydrogen) atoms. The number of amides is 2. The standard InChI is InChI=1S/C24H27N5O4S/c1-17-4-2-3-5-20(17)26-23(31)24-28-27-21(34-24)16-33-19-8-6-18(7-9-19)22(30)25-10-11-29-12-14-32-15-13-29/h2-9H,10-16H2,1H3,(H,25,30)(H,26,31). The topological polar surface area (TPSA) is 106 Å². The Morgan fingerprint density at radius 1 is 1.06 bits per heavy atom. The molecule has 0 bridgehead atoms. The van der Waals surface area contributed by atoms with E-state index in [1.807, 2.05) is 31.2 Å². The number of rotatable bonds is 9. The van der Waals surface area contributed by atoms with Crippen LogP contribution in [0.25, 0.3) is 0 Å². The van der Waals surface area contributed by atoms with Gasteiger partial charge in [-0.3, -0.25) is 14.5 Å². The van der Waals surface area contributed by atoms with Gasteiger partial charge in [0.15, 0.2) is 5.01 Å². The van der Waals surface area contributed by atoms with Crippen LogP contribution in [0.5, 0.6) is 5.75 Å². The van der Waals surface area contributed by atoms with Gasteiger partial charge >= 0.3 is 0 Å². The second kappa shape index (κ2) is 11.7. The average molecular weight is 482 g/mol. The number of aromatic nitrogens is 2. The van der Waals surface area contributed by atoms with Crippen molar-refractivity contribution >= 4 is 28.8 Å². The molecule has 178 valence electrons. The molecule has 10 heteroatoms. The maximum Gasteiger partial charge on any atom is 0.286 e. The predicted octanol–water partition coefficient (Wildman–Crippen LogP) is 2.74. The normalized spacial score (nSPS) is 13.9. The Bertz CT molecular complexity index is 1110. The van der Waals surface area contributed by atoms with Crippen LogP contribution in [0, 0.1) is 6.92 Å². The molecule has 2 aromatic carbocycles. The van der Waals surface area contributed by atoms with E-state index in [1.165, 1.54) is 11.3 Å². The number of anilines is 1. The van der Waals surface area contributed by atoms with Crippen LogP contribution in [0.4, 0.5) is 5.69 Å². The quantitative estimate of drug-likeness (QED) is 0.484. The molecule has 3 aromatic rings. The van der Waals surface area contributed by atoms with Gasteiger partial charge in [-0.2, -0.15) is 0 Å². The molecular formula is C24H27N5O4S. The first-order valence-corrected chi connectivity index (χ1v) is 11.9. The summed E-state index contributed by atoms with van der Waals surface area (Å²) in [5.41, 5.74) is 2.28. The second-order valence-electron chi connectivity index (χ2n) is 7.79. The molecule has 0 spiro atoms. The van der Waals surface area contributed by atoms with Gasteiger partial charge in [-0.1, -0.05) is 29.5 Å². The number of nitrogens with one attached hydrogen (secondary N) is 2. The Balaban J connectivity index is 1.22. The molecule has 1 aliphatic rings.